The molecule has 0 spiro atoms. The van der Waals surface area contributed by atoms with E-state index >= 15 is 0 Å². The summed E-state index contributed by atoms with van der Waals surface area (Å²) < 4.78 is 0. The molecule has 1 heterocycles. The third-order valence-electron chi connectivity index (χ3n) is 3.72. The molecule has 5 heteroatoms. The summed E-state index contributed by atoms with van der Waals surface area (Å²) in [7, 11) is 1.60. The van der Waals surface area contributed by atoms with Gasteiger partial charge in [0.25, 0.3) is 5.91 Å². The van der Waals surface area contributed by atoms with Crippen LogP contribution in [-0.2, 0) is 0 Å². The molecule has 0 saturated carbocycles. The topological polar surface area (TPSA) is 78.6 Å². The van der Waals surface area contributed by atoms with Gasteiger partial charge in [0.2, 0.25) is 0 Å². The van der Waals surface area contributed by atoms with Crippen LogP contribution in [0.25, 0.3) is 0 Å². The highest BCUT2D eigenvalue weighted by Crippen LogP contribution is 2.29. The average molecular weight is 263 g/mol. The van der Waals surface area contributed by atoms with E-state index in [1.807, 2.05) is 13.0 Å². The van der Waals surface area contributed by atoms with Crippen molar-refractivity contribution < 1.29 is 9.90 Å². The summed E-state index contributed by atoms with van der Waals surface area (Å²) >= 11 is 0. The number of carbonyl (C=O) groups excluding carboxylic acids is 1. The Hall–Kier alpha value is -1.75. The maximum Gasteiger partial charge on any atom is 0.251 e. The second-order valence-electron chi connectivity index (χ2n) is 5.13. The fourth-order valence-corrected chi connectivity index (χ4v) is 2.48. The van der Waals surface area contributed by atoms with Gasteiger partial charge in [-0.15, -0.1) is 0 Å². The number of rotatable bonds is 2. The second kappa shape index (κ2) is 5.48. The number of hydrogen-bond donors (Lipinski definition) is 3. The molecule has 0 aliphatic carbocycles. The Kier molecular flexibility index (Phi) is 3.95. The number of hydrogen-bond acceptors (Lipinski definition) is 4. The first-order chi connectivity index (χ1) is 9.02. The third kappa shape index (κ3) is 2.81. The van der Waals surface area contributed by atoms with Crippen LogP contribution in [0.3, 0.4) is 0 Å². The van der Waals surface area contributed by atoms with Crippen LogP contribution < -0.4 is 16.0 Å². The minimum absolute atomic E-state index is 0.138. The first kappa shape index (κ1) is 13.7. The lowest BCUT2D eigenvalue weighted by atomic mass is 9.96. The third-order valence-corrected chi connectivity index (χ3v) is 3.72. The molecular weight excluding hydrogens is 242 g/mol. The Labute approximate surface area is 113 Å². The fraction of sp³-hybridized carbons (Fsp3) is 0.500. The van der Waals surface area contributed by atoms with E-state index in [0.29, 0.717) is 11.3 Å². The first-order valence-corrected chi connectivity index (χ1v) is 6.57. The first-order valence-electron chi connectivity index (χ1n) is 6.57. The van der Waals surface area contributed by atoms with Crippen molar-refractivity contribution in [2.45, 2.75) is 19.4 Å². The summed E-state index contributed by atoms with van der Waals surface area (Å²) in [4.78, 5) is 13.7. The lowest BCUT2D eigenvalue weighted by Gasteiger charge is -2.36. The van der Waals surface area contributed by atoms with Crippen molar-refractivity contribution in [3.8, 4) is 0 Å². The lowest BCUT2D eigenvalue weighted by Crippen LogP contribution is -2.42. The molecule has 1 saturated heterocycles. The van der Waals surface area contributed by atoms with Crippen LogP contribution in [-0.4, -0.2) is 37.3 Å². The number of aliphatic hydroxyl groups is 1. The Balaban J connectivity index is 2.19. The summed E-state index contributed by atoms with van der Waals surface area (Å²) in [6.07, 6.45) is 0.514. The molecule has 1 aliphatic rings. The highest BCUT2D eigenvalue weighted by Gasteiger charge is 2.25. The van der Waals surface area contributed by atoms with E-state index in [1.165, 1.54) is 0 Å². The number of nitrogens with one attached hydrogen (secondary N) is 1. The molecule has 19 heavy (non-hydrogen) atoms. The SMILES string of the molecule is CNC(=O)c1ccc(N2CCC(O)C(C)C2)c(N)c1. The maximum absolute atomic E-state index is 11.5. The highest BCUT2D eigenvalue weighted by molar-refractivity contribution is 5.96. The summed E-state index contributed by atoms with van der Waals surface area (Å²) in [5.41, 5.74) is 8.14. The van der Waals surface area contributed by atoms with Crippen LogP contribution >= 0.6 is 0 Å². The molecule has 1 fully saturated rings. The van der Waals surface area contributed by atoms with E-state index in [0.717, 1.165) is 25.2 Å². The van der Waals surface area contributed by atoms with Gasteiger partial charge < -0.3 is 21.1 Å². The zero-order valence-electron chi connectivity index (χ0n) is 11.4. The standard InChI is InChI=1S/C14H21N3O2/c1-9-8-17(6-5-13(9)18)12-4-3-10(7-11(12)15)14(19)16-2/h3-4,7,9,13,18H,5-6,8,15H2,1-2H3,(H,16,19). The molecule has 1 aromatic rings. The molecule has 104 valence electrons. The Morgan fingerprint density at radius 1 is 1.53 bits per heavy atom. The van der Waals surface area contributed by atoms with Crippen LogP contribution in [0.1, 0.15) is 23.7 Å². The van der Waals surface area contributed by atoms with Crippen molar-refractivity contribution in [1.82, 2.24) is 5.32 Å². The molecule has 4 N–H and O–H groups in total. The molecule has 2 atom stereocenters. The summed E-state index contributed by atoms with van der Waals surface area (Å²) in [6.45, 7) is 3.60. The summed E-state index contributed by atoms with van der Waals surface area (Å²) in [6, 6.07) is 5.36. The Bertz CT molecular complexity index is 476. The number of piperidine rings is 1. The van der Waals surface area contributed by atoms with Gasteiger partial charge in [-0.1, -0.05) is 6.92 Å². The van der Waals surface area contributed by atoms with E-state index in [1.54, 1.807) is 19.2 Å². The van der Waals surface area contributed by atoms with Crippen LogP contribution in [0, 0.1) is 5.92 Å². The van der Waals surface area contributed by atoms with Crippen LogP contribution in [0.5, 0.6) is 0 Å². The normalized spacial score (nSPS) is 23.2. The van der Waals surface area contributed by atoms with Crippen molar-refractivity contribution in [2.24, 2.45) is 5.92 Å². The lowest BCUT2D eigenvalue weighted by molar-refractivity contribution is 0.0963. The largest absolute Gasteiger partial charge is 0.397 e. The minimum atomic E-state index is -0.234. The summed E-state index contributed by atoms with van der Waals surface area (Å²) in [5.74, 6) is 0.0902. The number of aliphatic hydroxyl groups excluding tert-OH is 1. The molecule has 2 unspecified atom stereocenters. The van der Waals surface area contributed by atoms with Crippen molar-refractivity contribution in [3.05, 3.63) is 23.8 Å². The number of carbonyl (C=O) groups is 1. The van der Waals surface area contributed by atoms with Gasteiger partial charge in [-0.2, -0.15) is 0 Å². The van der Waals surface area contributed by atoms with E-state index in [-0.39, 0.29) is 17.9 Å². The predicted molar refractivity (Wildman–Crippen MR) is 76.2 cm³/mol. The Morgan fingerprint density at radius 3 is 2.84 bits per heavy atom. The molecule has 1 aliphatic heterocycles. The molecule has 2 rings (SSSR count). The average Bonchev–Trinajstić information content (AvgIpc) is 2.41. The number of nitrogen functional groups attached to an aromatic ring is 1. The number of anilines is 2. The number of amides is 1. The zero-order valence-corrected chi connectivity index (χ0v) is 11.4. The molecule has 0 bridgehead atoms. The van der Waals surface area contributed by atoms with Gasteiger partial charge in [-0.3, -0.25) is 4.79 Å². The smallest absolute Gasteiger partial charge is 0.251 e. The molecule has 0 aromatic heterocycles. The summed E-state index contributed by atoms with van der Waals surface area (Å²) in [5, 5.41) is 12.3. The van der Waals surface area contributed by atoms with Crippen molar-refractivity contribution >= 4 is 17.3 Å². The van der Waals surface area contributed by atoms with Crippen molar-refractivity contribution in [2.75, 3.05) is 30.8 Å². The van der Waals surface area contributed by atoms with E-state index in [2.05, 4.69) is 10.2 Å². The fourth-order valence-electron chi connectivity index (χ4n) is 2.48. The van der Waals surface area contributed by atoms with Gasteiger partial charge in [0.15, 0.2) is 0 Å². The van der Waals surface area contributed by atoms with Crippen LogP contribution in [0.4, 0.5) is 11.4 Å². The maximum atomic E-state index is 11.5. The molecule has 1 amide bonds. The van der Waals surface area contributed by atoms with Gasteiger partial charge in [-0.05, 0) is 30.5 Å². The molecule has 0 radical (unpaired) electrons. The number of benzene rings is 1. The quantitative estimate of drug-likeness (QED) is 0.691. The number of nitrogens with two attached hydrogens (primary N) is 1. The van der Waals surface area contributed by atoms with Gasteiger partial charge in [0.1, 0.15) is 0 Å². The zero-order chi connectivity index (χ0) is 14.0. The van der Waals surface area contributed by atoms with E-state index in [4.69, 9.17) is 5.73 Å². The molecule has 1 aromatic carbocycles. The molecular formula is C14H21N3O2. The van der Waals surface area contributed by atoms with Crippen LogP contribution in [0.2, 0.25) is 0 Å². The van der Waals surface area contributed by atoms with Crippen molar-refractivity contribution in [3.63, 3.8) is 0 Å². The minimum Gasteiger partial charge on any atom is -0.397 e. The Morgan fingerprint density at radius 2 is 2.26 bits per heavy atom. The van der Waals surface area contributed by atoms with E-state index < -0.39 is 0 Å². The van der Waals surface area contributed by atoms with Crippen molar-refractivity contribution in [1.29, 1.82) is 0 Å². The monoisotopic (exact) mass is 263 g/mol. The highest BCUT2D eigenvalue weighted by atomic mass is 16.3. The predicted octanol–water partition coefficient (Wildman–Crippen LogP) is 0.835. The van der Waals surface area contributed by atoms with Crippen LogP contribution in [0.15, 0.2) is 18.2 Å². The second-order valence-corrected chi connectivity index (χ2v) is 5.13. The van der Waals surface area contributed by atoms with Gasteiger partial charge in [-0.25, -0.2) is 0 Å². The number of nitrogens with zero attached hydrogens (tertiary/aromatic N) is 1. The van der Waals surface area contributed by atoms with E-state index in [9.17, 15) is 9.90 Å². The van der Waals surface area contributed by atoms with Gasteiger partial charge in [0, 0.05) is 25.7 Å². The molecule has 5 nitrogen and oxygen atoms in total. The van der Waals surface area contributed by atoms with Gasteiger partial charge >= 0.3 is 0 Å². The van der Waals surface area contributed by atoms with Gasteiger partial charge in [0.05, 0.1) is 17.5 Å².